The standard InChI is InChI=1S/C18H24O/c1-7-13-11-14-15(12-16(13)19-8-2)18(5,6)10-9-17(14,3)4/h1,11-12H,8-10H2,2-6H3. The number of hydrogen-bond acceptors (Lipinski definition) is 1. The summed E-state index contributed by atoms with van der Waals surface area (Å²) in [5, 5.41) is 0. The van der Waals surface area contributed by atoms with Gasteiger partial charge in [-0.25, -0.2) is 0 Å². The van der Waals surface area contributed by atoms with Crippen LogP contribution >= 0.6 is 0 Å². The fourth-order valence-electron chi connectivity index (χ4n) is 2.98. The zero-order chi connectivity index (χ0) is 14.3. The first-order valence-corrected chi connectivity index (χ1v) is 7.10. The van der Waals surface area contributed by atoms with Crippen molar-refractivity contribution in [2.24, 2.45) is 0 Å². The van der Waals surface area contributed by atoms with Crippen molar-refractivity contribution in [3.8, 4) is 18.1 Å². The average Bonchev–Trinajstić information content (AvgIpc) is 2.35. The molecule has 2 rings (SSSR count). The molecule has 0 amide bonds. The Labute approximate surface area is 117 Å². The second-order valence-corrected chi connectivity index (χ2v) is 6.74. The van der Waals surface area contributed by atoms with E-state index in [-0.39, 0.29) is 10.8 Å². The fourth-order valence-corrected chi connectivity index (χ4v) is 2.98. The van der Waals surface area contributed by atoms with Crippen LogP contribution in [0.1, 0.15) is 64.2 Å². The van der Waals surface area contributed by atoms with Gasteiger partial charge in [0.2, 0.25) is 0 Å². The molecule has 1 heteroatoms. The molecular formula is C18H24O. The summed E-state index contributed by atoms with van der Waals surface area (Å²) in [6.07, 6.45) is 8.04. The third kappa shape index (κ3) is 2.37. The molecule has 0 atom stereocenters. The molecule has 0 unspecified atom stereocenters. The minimum absolute atomic E-state index is 0.196. The minimum Gasteiger partial charge on any atom is -0.493 e. The molecule has 1 aliphatic carbocycles. The highest BCUT2D eigenvalue weighted by Gasteiger charge is 2.37. The van der Waals surface area contributed by atoms with Crippen LogP contribution in [0, 0.1) is 12.3 Å². The van der Waals surface area contributed by atoms with Crippen LogP contribution in [-0.2, 0) is 10.8 Å². The molecule has 0 spiro atoms. The van der Waals surface area contributed by atoms with Crippen LogP contribution in [0.25, 0.3) is 0 Å². The number of terminal acetylenes is 1. The topological polar surface area (TPSA) is 9.23 Å². The molecule has 0 aliphatic heterocycles. The van der Waals surface area contributed by atoms with Gasteiger partial charge in [0.1, 0.15) is 5.75 Å². The van der Waals surface area contributed by atoms with Crippen LogP contribution in [0.4, 0.5) is 0 Å². The quantitative estimate of drug-likeness (QED) is 0.712. The zero-order valence-corrected chi connectivity index (χ0v) is 12.8. The normalized spacial score (nSPS) is 19.4. The molecule has 0 fully saturated rings. The Balaban J connectivity index is 2.67. The Bertz CT molecular complexity index is 529. The summed E-state index contributed by atoms with van der Waals surface area (Å²) in [7, 11) is 0. The second-order valence-electron chi connectivity index (χ2n) is 6.74. The van der Waals surface area contributed by atoms with Crippen molar-refractivity contribution in [1.29, 1.82) is 0 Å². The van der Waals surface area contributed by atoms with E-state index in [1.807, 2.05) is 6.92 Å². The minimum atomic E-state index is 0.196. The van der Waals surface area contributed by atoms with Gasteiger partial charge in [0, 0.05) is 0 Å². The number of benzene rings is 1. The van der Waals surface area contributed by atoms with Gasteiger partial charge < -0.3 is 4.74 Å². The molecule has 1 nitrogen and oxygen atoms in total. The van der Waals surface area contributed by atoms with Crippen LogP contribution in [0.3, 0.4) is 0 Å². The zero-order valence-electron chi connectivity index (χ0n) is 12.8. The monoisotopic (exact) mass is 256 g/mol. The predicted octanol–water partition coefficient (Wildman–Crippen LogP) is 4.42. The molecular weight excluding hydrogens is 232 g/mol. The molecule has 1 aromatic carbocycles. The first-order chi connectivity index (χ1) is 8.81. The molecule has 0 aromatic heterocycles. The third-order valence-electron chi connectivity index (χ3n) is 4.41. The van der Waals surface area contributed by atoms with Crippen LogP contribution < -0.4 is 4.74 Å². The van der Waals surface area contributed by atoms with Crippen molar-refractivity contribution in [2.75, 3.05) is 6.61 Å². The molecule has 1 aromatic rings. The Hall–Kier alpha value is -1.42. The van der Waals surface area contributed by atoms with Crippen molar-refractivity contribution >= 4 is 0 Å². The van der Waals surface area contributed by atoms with Crippen molar-refractivity contribution < 1.29 is 4.74 Å². The fraction of sp³-hybridized carbons (Fsp3) is 0.556. The smallest absolute Gasteiger partial charge is 0.135 e. The molecule has 0 N–H and O–H groups in total. The molecule has 1 aliphatic rings. The summed E-state index contributed by atoms with van der Waals surface area (Å²) in [5.41, 5.74) is 4.06. The second kappa shape index (κ2) is 4.60. The molecule has 102 valence electrons. The Kier molecular flexibility index (Phi) is 3.39. The maximum absolute atomic E-state index is 5.71. The number of ether oxygens (including phenoxy) is 1. The van der Waals surface area contributed by atoms with E-state index < -0.39 is 0 Å². The summed E-state index contributed by atoms with van der Waals surface area (Å²) >= 11 is 0. The van der Waals surface area contributed by atoms with Gasteiger partial charge in [-0.15, -0.1) is 6.42 Å². The molecule has 19 heavy (non-hydrogen) atoms. The molecule has 0 saturated carbocycles. The van der Waals surface area contributed by atoms with E-state index in [0.29, 0.717) is 6.61 Å². The highest BCUT2D eigenvalue weighted by molar-refractivity contribution is 5.55. The summed E-state index contributed by atoms with van der Waals surface area (Å²) in [6.45, 7) is 11.9. The number of fused-ring (bicyclic) bond motifs is 1. The van der Waals surface area contributed by atoms with E-state index in [9.17, 15) is 0 Å². The van der Waals surface area contributed by atoms with Crippen molar-refractivity contribution in [2.45, 2.75) is 58.3 Å². The third-order valence-corrected chi connectivity index (χ3v) is 4.41. The lowest BCUT2D eigenvalue weighted by molar-refractivity contribution is 0.318. The first-order valence-electron chi connectivity index (χ1n) is 7.10. The van der Waals surface area contributed by atoms with Crippen molar-refractivity contribution in [1.82, 2.24) is 0 Å². The molecule has 0 radical (unpaired) electrons. The predicted molar refractivity (Wildman–Crippen MR) is 80.8 cm³/mol. The van der Waals surface area contributed by atoms with Gasteiger partial charge in [0.25, 0.3) is 0 Å². The Morgan fingerprint density at radius 3 is 2.11 bits per heavy atom. The van der Waals surface area contributed by atoms with E-state index in [4.69, 9.17) is 11.2 Å². The van der Waals surface area contributed by atoms with Crippen LogP contribution in [0.15, 0.2) is 12.1 Å². The molecule has 0 saturated heterocycles. The summed E-state index contributed by atoms with van der Waals surface area (Å²) < 4.78 is 5.71. The highest BCUT2D eigenvalue weighted by Crippen LogP contribution is 2.47. The van der Waals surface area contributed by atoms with E-state index in [1.165, 1.54) is 24.0 Å². The lowest BCUT2D eigenvalue weighted by Gasteiger charge is -2.42. The Morgan fingerprint density at radius 2 is 1.63 bits per heavy atom. The lowest BCUT2D eigenvalue weighted by Crippen LogP contribution is -2.34. The van der Waals surface area contributed by atoms with Crippen LogP contribution in [0.2, 0.25) is 0 Å². The number of rotatable bonds is 2. The van der Waals surface area contributed by atoms with Crippen LogP contribution in [-0.4, -0.2) is 6.61 Å². The summed E-state index contributed by atoms with van der Waals surface area (Å²) in [5.74, 6) is 3.63. The lowest BCUT2D eigenvalue weighted by atomic mass is 9.63. The van der Waals surface area contributed by atoms with Crippen molar-refractivity contribution in [3.63, 3.8) is 0 Å². The van der Waals surface area contributed by atoms with E-state index in [1.54, 1.807) is 0 Å². The molecule has 0 heterocycles. The van der Waals surface area contributed by atoms with Gasteiger partial charge in [-0.2, -0.15) is 0 Å². The first kappa shape index (κ1) is 14.0. The van der Waals surface area contributed by atoms with Gasteiger partial charge in [0.05, 0.1) is 12.2 Å². The van der Waals surface area contributed by atoms with E-state index >= 15 is 0 Å². The Morgan fingerprint density at radius 1 is 1.11 bits per heavy atom. The number of hydrogen-bond donors (Lipinski definition) is 0. The molecule has 0 bridgehead atoms. The van der Waals surface area contributed by atoms with Gasteiger partial charge in [-0.3, -0.25) is 0 Å². The van der Waals surface area contributed by atoms with Gasteiger partial charge >= 0.3 is 0 Å². The highest BCUT2D eigenvalue weighted by atomic mass is 16.5. The van der Waals surface area contributed by atoms with E-state index in [2.05, 4.69) is 45.7 Å². The maximum atomic E-state index is 5.71. The van der Waals surface area contributed by atoms with E-state index in [0.717, 1.165) is 11.3 Å². The van der Waals surface area contributed by atoms with Crippen molar-refractivity contribution in [3.05, 3.63) is 28.8 Å². The summed E-state index contributed by atoms with van der Waals surface area (Å²) in [6, 6.07) is 4.34. The van der Waals surface area contributed by atoms with Gasteiger partial charge in [-0.1, -0.05) is 33.6 Å². The van der Waals surface area contributed by atoms with Crippen LogP contribution in [0.5, 0.6) is 5.75 Å². The largest absolute Gasteiger partial charge is 0.493 e. The van der Waals surface area contributed by atoms with Gasteiger partial charge in [-0.05, 0) is 53.9 Å². The average molecular weight is 256 g/mol. The SMILES string of the molecule is C#Cc1cc2c(cc1OCC)C(C)(C)CCC2(C)C. The summed E-state index contributed by atoms with van der Waals surface area (Å²) in [4.78, 5) is 0. The maximum Gasteiger partial charge on any atom is 0.135 e. The van der Waals surface area contributed by atoms with Gasteiger partial charge in [0.15, 0.2) is 0 Å².